The minimum Gasteiger partial charge on any atom is -0.378 e. The van der Waals surface area contributed by atoms with Gasteiger partial charge in [-0.2, -0.15) is 0 Å². The zero-order valence-electron chi connectivity index (χ0n) is 18.5. The zero-order valence-corrected chi connectivity index (χ0v) is 20.2. The second-order valence-electron chi connectivity index (χ2n) is 10.7. The highest BCUT2D eigenvalue weighted by molar-refractivity contribution is 8.72. The molecule has 6 heteroatoms. The van der Waals surface area contributed by atoms with Crippen LogP contribution in [0, 0.1) is 52.8 Å². The predicted octanol–water partition coefficient (Wildman–Crippen LogP) is 4.27. The van der Waals surface area contributed by atoms with E-state index in [-0.39, 0.29) is 22.9 Å². The quantitative estimate of drug-likeness (QED) is 0.509. The zero-order chi connectivity index (χ0) is 21.7. The van der Waals surface area contributed by atoms with Gasteiger partial charge in [0.05, 0.1) is 5.75 Å². The third kappa shape index (κ3) is 4.11. The Bertz CT molecular complexity index is 856. The van der Waals surface area contributed by atoms with Gasteiger partial charge in [-0.25, -0.2) is 8.42 Å². The largest absolute Gasteiger partial charge is 0.378 e. The van der Waals surface area contributed by atoms with Crippen molar-refractivity contribution in [3.8, 4) is 11.8 Å². The van der Waals surface area contributed by atoms with E-state index in [4.69, 9.17) is 0 Å². The number of Topliss-reactive ketones (excluding diaryl/α,β-unsaturated/α-hetero) is 1. The maximum Gasteiger partial charge on any atom is 0.199 e. The summed E-state index contributed by atoms with van der Waals surface area (Å²) in [7, 11) is -2.38. The Hall–Kier alpha value is -0.510. The first-order chi connectivity index (χ1) is 14.1. The van der Waals surface area contributed by atoms with E-state index in [2.05, 4.69) is 18.8 Å². The Balaban J connectivity index is 1.46. The SMILES string of the molecule is CC#C[C@@]1(O)CC[C@@H]2C3CC[C@@]4(C)C(CC[C@@H]4C(=O)CSS(C)(=O)=O)C3CC[C@@H]2C1. The number of hydrogen-bond acceptors (Lipinski definition) is 5. The molecule has 1 N–H and O–H groups in total. The van der Waals surface area contributed by atoms with Crippen molar-refractivity contribution in [1.82, 2.24) is 0 Å². The molecule has 0 saturated heterocycles. The molecule has 4 aliphatic carbocycles. The molecule has 4 fully saturated rings. The molecule has 0 radical (unpaired) electrons. The van der Waals surface area contributed by atoms with E-state index in [1.807, 2.05) is 6.92 Å². The van der Waals surface area contributed by atoms with Crippen LogP contribution in [-0.4, -0.2) is 36.9 Å². The molecule has 0 aromatic rings. The first-order valence-electron chi connectivity index (χ1n) is 11.6. The van der Waals surface area contributed by atoms with Gasteiger partial charge in [0, 0.05) is 12.2 Å². The summed E-state index contributed by atoms with van der Waals surface area (Å²) in [6, 6.07) is 0. The van der Waals surface area contributed by atoms with Gasteiger partial charge in [-0.3, -0.25) is 4.79 Å². The van der Waals surface area contributed by atoms with E-state index in [0.29, 0.717) is 23.7 Å². The summed E-state index contributed by atoms with van der Waals surface area (Å²) in [6.45, 7) is 4.13. The van der Waals surface area contributed by atoms with E-state index in [1.54, 1.807) is 0 Å². The summed E-state index contributed by atoms with van der Waals surface area (Å²) < 4.78 is 23.0. The van der Waals surface area contributed by atoms with E-state index in [0.717, 1.165) is 55.2 Å². The van der Waals surface area contributed by atoms with Gasteiger partial charge >= 0.3 is 0 Å². The number of hydrogen-bond donors (Lipinski definition) is 1. The standard InChI is InChI=1S/C24H36O4S2/c1-4-11-24(26)13-10-17-16(14-24)5-6-19-18(17)9-12-23(2)20(19)7-8-21(23)22(25)15-29-30(3,27)28/h16-21,26H,5-10,12-15H2,1-3H3/t16-,17+,18?,19?,20?,21-,23+,24-/m1/s1. The third-order valence-electron chi connectivity index (χ3n) is 9.17. The molecule has 4 rings (SSSR count). The Kier molecular flexibility index (Phi) is 6.14. The molecule has 0 aromatic heterocycles. The third-order valence-corrected chi connectivity index (χ3v) is 11.6. The topological polar surface area (TPSA) is 71.4 Å². The van der Waals surface area contributed by atoms with Crippen LogP contribution in [0.25, 0.3) is 0 Å². The molecule has 168 valence electrons. The normalized spacial score (nSPS) is 45.5. The van der Waals surface area contributed by atoms with Crippen molar-refractivity contribution in [3.05, 3.63) is 0 Å². The summed E-state index contributed by atoms with van der Waals surface area (Å²) in [5, 5.41) is 10.8. The van der Waals surface area contributed by atoms with Crippen LogP contribution >= 0.6 is 10.8 Å². The molecule has 0 aliphatic heterocycles. The summed E-state index contributed by atoms with van der Waals surface area (Å²) in [4.78, 5) is 12.9. The van der Waals surface area contributed by atoms with Crippen molar-refractivity contribution < 1.29 is 18.3 Å². The Morgan fingerprint density at radius 3 is 2.50 bits per heavy atom. The predicted molar refractivity (Wildman–Crippen MR) is 121 cm³/mol. The minimum atomic E-state index is -3.18. The van der Waals surface area contributed by atoms with Crippen LogP contribution in [0.3, 0.4) is 0 Å². The number of rotatable bonds is 4. The lowest BCUT2D eigenvalue weighted by Crippen LogP contribution is -2.51. The molecular formula is C24H36O4S2. The van der Waals surface area contributed by atoms with Crippen LogP contribution < -0.4 is 0 Å². The molecule has 4 aliphatic rings. The van der Waals surface area contributed by atoms with E-state index in [9.17, 15) is 18.3 Å². The van der Waals surface area contributed by atoms with Crippen molar-refractivity contribution in [3.63, 3.8) is 0 Å². The van der Waals surface area contributed by atoms with Crippen molar-refractivity contribution >= 4 is 25.4 Å². The number of fused-ring (bicyclic) bond motifs is 5. The molecule has 0 aromatic carbocycles. The summed E-state index contributed by atoms with van der Waals surface area (Å²) in [6.07, 6.45) is 10.6. The maximum absolute atomic E-state index is 12.9. The molecule has 4 nitrogen and oxygen atoms in total. The Morgan fingerprint density at radius 2 is 1.80 bits per heavy atom. The molecular weight excluding hydrogens is 416 g/mol. The maximum atomic E-state index is 12.9. The van der Waals surface area contributed by atoms with Crippen LogP contribution in [0.5, 0.6) is 0 Å². The Labute approximate surface area is 185 Å². The van der Waals surface area contributed by atoms with Crippen molar-refractivity contribution in [2.24, 2.45) is 40.9 Å². The summed E-state index contributed by atoms with van der Waals surface area (Å²) in [5.74, 6) is 9.54. The molecule has 8 atom stereocenters. The average molecular weight is 453 g/mol. The van der Waals surface area contributed by atoms with Crippen molar-refractivity contribution in [2.45, 2.75) is 77.2 Å². The van der Waals surface area contributed by atoms with Gasteiger partial charge in [-0.05, 0) is 111 Å². The second kappa shape index (κ2) is 8.12. The first kappa shape index (κ1) is 22.7. The fourth-order valence-corrected chi connectivity index (χ4v) is 9.54. The number of ketones is 1. The molecule has 0 amide bonds. The number of aliphatic hydroxyl groups is 1. The minimum absolute atomic E-state index is 0.0201. The van der Waals surface area contributed by atoms with Crippen LogP contribution in [0.4, 0.5) is 0 Å². The number of carbonyl (C=O) groups excluding carboxylic acids is 1. The van der Waals surface area contributed by atoms with E-state index < -0.39 is 14.5 Å². The van der Waals surface area contributed by atoms with Gasteiger partial charge in [0.1, 0.15) is 11.4 Å². The highest BCUT2D eigenvalue weighted by Gasteiger charge is 2.58. The fourth-order valence-electron chi connectivity index (χ4n) is 8.02. The number of carbonyl (C=O) groups is 1. The summed E-state index contributed by atoms with van der Waals surface area (Å²) >= 11 is 0. The molecule has 0 bridgehead atoms. The second-order valence-corrected chi connectivity index (χ2v) is 15.1. The van der Waals surface area contributed by atoms with Gasteiger partial charge < -0.3 is 5.11 Å². The van der Waals surface area contributed by atoms with Crippen LogP contribution in [-0.2, 0) is 13.7 Å². The lowest BCUT2D eigenvalue weighted by molar-refractivity contribution is -0.129. The highest BCUT2D eigenvalue weighted by atomic mass is 33.1. The fraction of sp³-hybridized carbons (Fsp3) is 0.875. The lowest BCUT2D eigenvalue weighted by atomic mass is 9.49. The summed E-state index contributed by atoms with van der Waals surface area (Å²) in [5.41, 5.74) is -0.750. The lowest BCUT2D eigenvalue weighted by Gasteiger charge is -2.56. The van der Waals surface area contributed by atoms with Gasteiger partial charge in [-0.1, -0.05) is 12.8 Å². The van der Waals surface area contributed by atoms with Crippen LogP contribution in [0.2, 0.25) is 0 Å². The molecule has 4 saturated carbocycles. The van der Waals surface area contributed by atoms with E-state index >= 15 is 0 Å². The van der Waals surface area contributed by atoms with Gasteiger partial charge in [0.15, 0.2) is 8.87 Å². The molecule has 3 unspecified atom stereocenters. The van der Waals surface area contributed by atoms with Gasteiger partial charge in [0.25, 0.3) is 0 Å². The average Bonchev–Trinajstić information content (AvgIpc) is 3.02. The molecule has 30 heavy (non-hydrogen) atoms. The first-order valence-corrected chi connectivity index (χ1v) is 15.0. The highest BCUT2D eigenvalue weighted by Crippen LogP contribution is 2.64. The van der Waals surface area contributed by atoms with Crippen molar-refractivity contribution in [2.75, 3.05) is 12.0 Å². The van der Waals surface area contributed by atoms with Gasteiger partial charge in [-0.15, -0.1) is 5.92 Å². The Morgan fingerprint density at radius 1 is 1.07 bits per heavy atom. The van der Waals surface area contributed by atoms with Crippen LogP contribution in [0.15, 0.2) is 0 Å². The van der Waals surface area contributed by atoms with Crippen molar-refractivity contribution in [1.29, 1.82) is 0 Å². The molecule has 0 heterocycles. The monoisotopic (exact) mass is 452 g/mol. The smallest absolute Gasteiger partial charge is 0.199 e. The van der Waals surface area contributed by atoms with Gasteiger partial charge in [0.2, 0.25) is 0 Å². The van der Waals surface area contributed by atoms with E-state index in [1.165, 1.54) is 25.5 Å². The van der Waals surface area contributed by atoms with Crippen LogP contribution in [0.1, 0.15) is 71.6 Å². The molecule has 0 spiro atoms.